The van der Waals surface area contributed by atoms with Crippen LogP contribution < -0.4 is 10.5 Å². The molecule has 2 N–H and O–H groups in total. The highest BCUT2D eigenvalue weighted by molar-refractivity contribution is 5.11. The van der Waals surface area contributed by atoms with Crippen molar-refractivity contribution in [3.8, 4) is 5.88 Å². The highest BCUT2D eigenvalue weighted by Crippen LogP contribution is 2.18. The smallest absolute Gasteiger partial charge is 0.231 e. The standard InChI is InChI=1S/C9H15N3O/c10-4-6-13-9-7-12-5-2-1-3-8(12)11-9/h7H,1-6,10H2. The molecule has 0 saturated heterocycles. The van der Waals surface area contributed by atoms with Crippen LogP contribution >= 0.6 is 0 Å². The fourth-order valence-electron chi connectivity index (χ4n) is 1.62. The third-order valence-corrected chi connectivity index (χ3v) is 2.25. The number of nitrogens with zero attached hydrogens (tertiary/aromatic N) is 2. The van der Waals surface area contributed by atoms with Gasteiger partial charge in [-0.25, -0.2) is 0 Å². The summed E-state index contributed by atoms with van der Waals surface area (Å²) in [6.45, 7) is 2.17. The molecule has 1 aromatic rings. The van der Waals surface area contributed by atoms with E-state index in [0.717, 1.165) is 24.7 Å². The first-order valence-electron chi connectivity index (χ1n) is 4.79. The quantitative estimate of drug-likeness (QED) is 0.741. The molecule has 1 aromatic heterocycles. The van der Waals surface area contributed by atoms with E-state index in [1.807, 2.05) is 6.20 Å². The van der Waals surface area contributed by atoms with Gasteiger partial charge in [0, 0.05) is 19.5 Å². The van der Waals surface area contributed by atoms with Gasteiger partial charge < -0.3 is 15.0 Å². The van der Waals surface area contributed by atoms with E-state index in [-0.39, 0.29) is 0 Å². The molecule has 72 valence electrons. The van der Waals surface area contributed by atoms with Gasteiger partial charge in [-0.3, -0.25) is 0 Å². The van der Waals surface area contributed by atoms with Gasteiger partial charge in [-0.2, -0.15) is 4.98 Å². The van der Waals surface area contributed by atoms with Gasteiger partial charge in [0.2, 0.25) is 5.88 Å². The van der Waals surface area contributed by atoms with Crippen molar-refractivity contribution in [2.24, 2.45) is 5.73 Å². The Balaban J connectivity index is 2.07. The Morgan fingerprint density at radius 1 is 1.54 bits per heavy atom. The SMILES string of the molecule is NCCOc1cn2c(n1)CCCC2. The molecule has 0 aromatic carbocycles. The van der Waals surface area contributed by atoms with Gasteiger partial charge in [-0.15, -0.1) is 0 Å². The zero-order valence-corrected chi connectivity index (χ0v) is 7.70. The molecule has 0 saturated carbocycles. The highest BCUT2D eigenvalue weighted by atomic mass is 16.5. The van der Waals surface area contributed by atoms with Gasteiger partial charge in [-0.1, -0.05) is 0 Å². The van der Waals surface area contributed by atoms with E-state index in [9.17, 15) is 0 Å². The summed E-state index contributed by atoms with van der Waals surface area (Å²) in [4.78, 5) is 4.37. The van der Waals surface area contributed by atoms with Gasteiger partial charge in [0.25, 0.3) is 0 Å². The van der Waals surface area contributed by atoms with Crippen molar-refractivity contribution in [2.75, 3.05) is 13.2 Å². The number of fused-ring (bicyclic) bond motifs is 1. The van der Waals surface area contributed by atoms with Crippen LogP contribution in [0.3, 0.4) is 0 Å². The Hall–Kier alpha value is -1.03. The monoisotopic (exact) mass is 181 g/mol. The molecule has 0 spiro atoms. The molecule has 4 nitrogen and oxygen atoms in total. The van der Waals surface area contributed by atoms with Gasteiger partial charge in [-0.05, 0) is 12.8 Å². The summed E-state index contributed by atoms with van der Waals surface area (Å²) < 4.78 is 7.53. The van der Waals surface area contributed by atoms with Crippen LogP contribution in [0.5, 0.6) is 5.88 Å². The maximum atomic E-state index is 5.35. The number of aromatic nitrogens is 2. The lowest BCUT2D eigenvalue weighted by molar-refractivity contribution is 0.316. The minimum atomic E-state index is 0.544. The zero-order chi connectivity index (χ0) is 9.10. The molecule has 2 heterocycles. The minimum Gasteiger partial charge on any atom is -0.475 e. The lowest BCUT2D eigenvalue weighted by atomic mass is 10.2. The molecular weight excluding hydrogens is 166 g/mol. The maximum absolute atomic E-state index is 5.35. The van der Waals surface area contributed by atoms with Gasteiger partial charge in [0.15, 0.2) is 0 Å². The third-order valence-electron chi connectivity index (χ3n) is 2.25. The lowest BCUT2D eigenvalue weighted by Crippen LogP contribution is -2.10. The number of aryl methyl sites for hydroxylation is 2. The molecule has 0 aliphatic carbocycles. The Bertz CT molecular complexity index is 259. The van der Waals surface area contributed by atoms with Crippen LogP contribution in [0.4, 0.5) is 0 Å². The van der Waals surface area contributed by atoms with Gasteiger partial charge in [0.1, 0.15) is 12.4 Å². The zero-order valence-electron chi connectivity index (χ0n) is 7.70. The number of imidazole rings is 1. The number of nitrogens with two attached hydrogens (primary N) is 1. The largest absolute Gasteiger partial charge is 0.475 e. The second-order valence-corrected chi connectivity index (χ2v) is 3.28. The predicted molar refractivity (Wildman–Crippen MR) is 49.7 cm³/mol. The summed E-state index contributed by atoms with van der Waals surface area (Å²) >= 11 is 0. The van der Waals surface area contributed by atoms with Crippen LogP contribution in [-0.2, 0) is 13.0 Å². The van der Waals surface area contributed by atoms with Crippen LogP contribution in [-0.4, -0.2) is 22.7 Å². The number of ether oxygens (including phenoxy) is 1. The van der Waals surface area contributed by atoms with E-state index >= 15 is 0 Å². The molecule has 2 rings (SSSR count). The van der Waals surface area contributed by atoms with E-state index < -0.39 is 0 Å². The van der Waals surface area contributed by atoms with Crippen molar-refractivity contribution in [3.05, 3.63) is 12.0 Å². The summed E-state index contributed by atoms with van der Waals surface area (Å²) in [7, 11) is 0. The van der Waals surface area contributed by atoms with E-state index in [4.69, 9.17) is 10.5 Å². The second kappa shape index (κ2) is 3.79. The summed E-state index contributed by atoms with van der Waals surface area (Å²) in [6, 6.07) is 0. The van der Waals surface area contributed by atoms with Gasteiger partial charge in [0.05, 0.1) is 6.20 Å². The first kappa shape index (κ1) is 8.56. The number of hydrogen-bond donors (Lipinski definition) is 1. The first-order valence-corrected chi connectivity index (χ1v) is 4.79. The van der Waals surface area contributed by atoms with Crippen molar-refractivity contribution >= 4 is 0 Å². The molecule has 0 fully saturated rings. The average Bonchev–Trinajstić information content (AvgIpc) is 2.57. The van der Waals surface area contributed by atoms with Crippen molar-refractivity contribution in [3.63, 3.8) is 0 Å². The van der Waals surface area contributed by atoms with E-state index in [1.54, 1.807) is 0 Å². The number of rotatable bonds is 3. The molecule has 0 bridgehead atoms. The Kier molecular flexibility index (Phi) is 2.49. The molecule has 0 radical (unpaired) electrons. The van der Waals surface area contributed by atoms with Crippen molar-refractivity contribution in [1.82, 2.24) is 9.55 Å². The second-order valence-electron chi connectivity index (χ2n) is 3.28. The van der Waals surface area contributed by atoms with Crippen molar-refractivity contribution in [2.45, 2.75) is 25.8 Å². The summed E-state index contributed by atoms with van der Waals surface area (Å²) in [5.74, 6) is 1.88. The predicted octanol–water partition coefficient (Wildman–Crippen LogP) is 0.557. The minimum absolute atomic E-state index is 0.544. The Morgan fingerprint density at radius 2 is 2.46 bits per heavy atom. The fourth-order valence-corrected chi connectivity index (χ4v) is 1.62. The Labute approximate surface area is 77.7 Å². The summed E-state index contributed by atoms with van der Waals surface area (Å²) in [6.07, 6.45) is 5.54. The van der Waals surface area contributed by atoms with E-state index in [0.29, 0.717) is 13.2 Å². The first-order chi connectivity index (χ1) is 6.40. The van der Waals surface area contributed by atoms with E-state index in [2.05, 4.69) is 9.55 Å². The topological polar surface area (TPSA) is 53.1 Å². The molecule has 0 amide bonds. The fraction of sp³-hybridized carbons (Fsp3) is 0.667. The molecular formula is C9H15N3O. The Morgan fingerprint density at radius 3 is 3.23 bits per heavy atom. The van der Waals surface area contributed by atoms with Crippen molar-refractivity contribution < 1.29 is 4.74 Å². The molecule has 13 heavy (non-hydrogen) atoms. The van der Waals surface area contributed by atoms with Crippen molar-refractivity contribution in [1.29, 1.82) is 0 Å². The maximum Gasteiger partial charge on any atom is 0.231 e. The molecule has 4 heteroatoms. The van der Waals surface area contributed by atoms with Crippen LogP contribution in [0.15, 0.2) is 6.20 Å². The summed E-state index contributed by atoms with van der Waals surface area (Å²) in [5.41, 5.74) is 5.34. The summed E-state index contributed by atoms with van der Waals surface area (Å²) in [5, 5.41) is 0. The van der Waals surface area contributed by atoms with Crippen LogP contribution in [0.25, 0.3) is 0 Å². The molecule has 1 aliphatic heterocycles. The molecule has 0 unspecified atom stereocenters. The number of hydrogen-bond acceptors (Lipinski definition) is 3. The van der Waals surface area contributed by atoms with Gasteiger partial charge >= 0.3 is 0 Å². The highest BCUT2D eigenvalue weighted by Gasteiger charge is 2.12. The molecule has 1 aliphatic rings. The molecule has 0 atom stereocenters. The van der Waals surface area contributed by atoms with Crippen LogP contribution in [0.2, 0.25) is 0 Å². The lowest BCUT2D eigenvalue weighted by Gasteiger charge is -2.11. The van der Waals surface area contributed by atoms with Crippen LogP contribution in [0, 0.1) is 0 Å². The van der Waals surface area contributed by atoms with Crippen LogP contribution in [0.1, 0.15) is 18.7 Å². The average molecular weight is 181 g/mol. The van der Waals surface area contributed by atoms with E-state index in [1.165, 1.54) is 12.8 Å². The third kappa shape index (κ3) is 1.83. The normalized spacial score (nSPS) is 15.5.